The van der Waals surface area contributed by atoms with Crippen LogP contribution >= 0.6 is 0 Å². The molecule has 3 aromatic rings. The second-order valence-electron chi connectivity index (χ2n) is 5.34. The number of hydrogen-bond acceptors (Lipinski definition) is 3. The second-order valence-corrected chi connectivity index (χ2v) is 5.34. The molecule has 2 aromatic heterocycles. The highest BCUT2D eigenvalue weighted by molar-refractivity contribution is 5.17. The lowest BCUT2D eigenvalue weighted by Gasteiger charge is -2.21. The van der Waals surface area contributed by atoms with Crippen molar-refractivity contribution in [1.29, 1.82) is 0 Å². The van der Waals surface area contributed by atoms with Gasteiger partial charge in [-0.2, -0.15) is 5.10 Å². The van der Waals surface area contributed by atoms with Crippen molar-refractivity contribution in [1.82, 2.24) is 14.7 Å². The summed E-state index contributed by atoms with van der Waals surface area (Å²) in [6.45, 7) is 1.82. The largest absolute Gasteiger partial charge is 0.468 e. The van der Waals surface area contributed by atoms with Gasteiger partial charge < -0.3 is 4.42 Å². The van der Waals surface area contributed by atoms with E-state index in [9.17, 15) is 4.39 Å². The maximum Gasteiger partial charge on any atom is 0.127 e. The standard InChI is InChI=1S/C17H18FN3O/c1-20-10-14(9-19-20)11-21(13-16-6-4-8-22-16)12-15-5-2-3-7-17(15)18/h2-10H,11-13H2,1H3. The number of aromatic nitrogens is 2. The first kappa shape index (κ1) is 14.5. The van der Waals surface area contributed by atoms with Gasteiger partial charge in [-0.3, -0.25) is 9.58 Å². The van der Waals surface area contributed by atoms with Crippen LogP contribution in [-0.4, -0.2) is 14.7 Å². The van der Waals surface area contributed by atoms with Gasteiger partial charge in [0.1, 0.15) is 11.6 Å². The van der Waals surface area contributed by atoms with E-state index in [2.05, 4.69) is 10.00 Å². The number of furan rings is 1. The molecule has 22 heavy (non-hydrogen) atoms. The Morgan fingerprint density at radius 2 is 2.00 bits per heavy atom. The monoisotopic (exact) mass is 299 g/mol. The molecule has 0 bridgehead atoms. The third-order valence-electron chi connectivity index (χ3n) is 3.48. The van der Waals surface area contributed by atoms with Gasteiger partial charge in [0, 0.05) is 37.5 Å². The van der Waals surface area contributed by atoms with Crippen LogP contribution in [0, 0.1) is 5.82 Å². The van der Waals surface area contributed by atoms with E-state index in [4.69, 9.17) is 4.42 Å². The van der Waals surface area contributed by atoms with Crippen molar-refractivity contribution in [3.63, 3.8) is 0 Å². The van der Waals surface area contributed by atoms with Crippen LogP contribution in [0.5, 0.6) is 0 Å². The molecule has 0 saturated heterocycles. The predicted molar refractivity (Wildman–Crippen MR) is 81.3 cm³/mol. The third kappa shape index (κ3) is 3.62. The zero-order valence-electron chi connectivity index (χ0n) is 12.4. The van der Waals surface area contributed by atoms with Crippen LogP contribution in [0.1, 0.15) is 16.9 Å². The predicted octanol–water partition coefficient (Wildman–Crippen LogP) is 3.35. The normalized spacial score (nSPS) is 11.2. The molecule has 0 amide bonds. The molecule has 0 fully saturated rings. The first-order valence-corrected chi connectivity index (χ1v) is 7.16. The summed E-state index contributed by atoms with van der Waals surface area (Å²) in [5.74, 6) is 0.679. The van der Waals surface area contributed by atoms with E-state index in [1.54, 1.807) is 17.0 Å². The lowest BCUT2D eigenvalue weighted by molar-refractivity contribution is 0.224. The van der Waals surface area contributed by atoms with E-state index < -0.39 is 0 Å². The highest BCUT2D eigenvalue weighted by Crippen LogP contribution is 2.16. The zero-order chi connectivity index (χ0) is 15.4. The van der Waals surface area contributed by atoms with Crippen LogP contribution in [-0.2, 0) is 26.7 Å². The highest BCUT2D eigenvalue weighted by atomic mass is 19.1. The van der Waals surface area contributed by atoms with Gasteiger partial charge in [-0.05, 0) is 18.2 Å². The summed E-state index contributed by atoms with van der Waals surface area (Å²) >= 11 is 0. The quantitative estimate of drug-likeness (QED) is 0.700. The molecule has 2 heterocycles. The van der Waals surface area contributed by atoms with E-state index in [1.165, 1.54) is 6.07 Å². The Hall–Kier alpha value is -2.40. The van der Waals surface area contributed by atoms with Gasteiger partial charge in [0.05, 0.1) is 19.0 Å². The van der Waals surface area contributed by atoms with Crippen LogP contribution in [0.4, 0.5) is 4.39 Å². The Balaban J connectivity index is 1.77. The maximum absolute atomic E-state index is 13.9. The van der Waals surface area contributed by atoms with E-state index in [0.29, 0.717) is 25.2 Å². The Labute approximate surface area is 128 Å². The van der Waals surface area contributed by atoms with Gasteiger partial charge in [0.15, 0.2) is 0 Å². The number of hydrogen-bond donors (Lipinski definition) is 0. The molecule has 0 aliphatic carbocycles. The van der Waals surface area contributed by atoms with Crippen molar-refractivity contribution in [2.24, 2.45) is 7.05 Å². The van der Waals surface area contributed by atoms with Gasteiger partial charge in [0.25, 0.3) is 0 Å². The fourth-order valence-electron chi connectivity index (χ4n) is 2.47. The fraction of sp³-hybridized carbons (Fsp3) is 0.235. The molecule has 4 nitrogen and oxygen atoms in total. The summed E-state index contributed by atoms with van der Waals surface area (Å²) in [4.78, 5) is 2.13. The summed E-state index contributed by atoms with van der Waals surface area (Å²) in [5.41, 5.74) is 1.77. The molecule has 1 aromatic carbocycles. The number of benzene rings is 1. The minimum Gasteiger partial charge on any atom is -0.468 e. The summed E-state index contributed by atoms with van der Waals surface area (Å²) < 4.78 is 21.1. The highest BCUT2D eigenvalue weighted by Gasteiger charge is 2.13. The summed E-state index contributed by atoms with van der Waals surface area (Å²) in [5, 5.41) is 4.18. The Kier molecular flexibility index (Phi) is 4.34. The van der Waals surface area contributed by atoms with Gasteiger partial charge >= 0.3 is 0 Å². The second kappa shape index (κ2) is 6.58. The van der Waals surface area contributed by atoms with E-state index in [-0.39, 0.29) is 5.82 Å². The Bertz CT molecular complexity index is 721. The van der Waals surface area contributed by atoms with Crippen molar-refractivity contribution in [3.05, 3.63) is 77.8 Å². The lowest BCUT2D eigenvalue weighted by Crippen LogP contribution is -2.22. The molecular weight excluding hydrogens is 281 g/mol. The van der Waals surface area contributed by atoms with Crippen LogP contribution in [0.3, 0.4) is 0 Å². The van der Waals surface area contributed by atoms with Crippen molar-refractivity contribution in [3.8, 4) is 0 Å². The van der Waals surface area contributed by atoms with Crippen LogP contribution in [0.25, 0.3) is 0 Å². The van der Waals surface area contributed by atoms with E-state index in [1.807, 2.05) is 43.7 Å². The Morgan fingerprint density at radius 3 is 2.68 bits per heavy atom. The van der Waals surface area contributed by atoms with Crippen LogP contribution < -0.4 is 0 Å². The number of halogens is 1. The Morgan fingerprint density at radius 1 is 1.14 bits per heavy atom. The zero-order valence-corrected chi connectivity index (χ0v) is 12.4. The minimum atomic E-state index is -0.182. The molecule has 0 radical (unpaired) electrons. The average molecular weight is 299 g/mol. The van der Waals surface area contributed by atoms with Crippen LogP contribution in [0.15, 0.2) is 59.5 Å². The van der Waals surface area contributed by atoms with Crippen molar-refractivity contribution in [2.75, 3.05) is 0 Å². The number of rotatable bonds is 6. The van der Waals surface area contributed by atoms with Crippen molar-refractivity contribution < 1.29 is 8.81 Å². The summed E-state index contributed by atoms with van der Waals surface area (Å²) in [6.07, 6.45) is 5.45. The SMILES string of the molecule is Cn1cc(CN(Cc2ccco2)Cc2ccccc2F)cn1. The molecule has 114 valence electrons. The van der Waals surface area contributed by atoms with Gasteiger partial charge in [0.2, 0.25) is 0 Å². The van der Waals surface area contributed by atoms with Gasteiger partial charge in [-0.25, -0.2) is 4.39 Å². The maximum atomic E-state index is 13.9. The van der Waals surface area contributed by atoms with Crippen molar-refractivity contribution >= 4 is 0 Å². The smallest absolute Gasteiger partial charge is 0.127 e. The minimum absolute atomic E-state index is 0.182. The topological polar surface area (TPSA) is 34.2 Å². The summed E-state index contributed by atoms with van der Waals surface area (Å²) in [6, 6.07) is 10.7. The van der Waals surface area contributed by atoms with Gasteiger partial charge in [-0.15, -0.1) is 0 Å². The molecule has 0 aliphatic rings. The molecule has 0 spiro atoms. The molecular formula is C17H18FN3O. The average Bonchev–Trinajstić information content (AvgIpc) is 3.13. The van der Waals surface area contributed by atoms with Crippen molar-refractivity contribution in [2.45, 2.75) is 19.6 Å². The molecule has 3 rings (SSSR count). The first-order valence-electron chi connectivity index (χ1n) is 7.16. The summed E-state index contributed by atoms with van der Waals surface area (Å²) in [7, 11) is 1.89. The first-order chi connectivity index (χ1) is 10.7. The molecule has 0 unspecified atom stereocenters. The van der Waals surface area contributed by atoms with E-state index >= 15 is 0 Å². The molecule has 0 atom stereocenters. The fourth-order valence-corrected chi connectivity index (χ4v) is 2.47. The molecule has 0 N–H and O–H groups in total. The van der Waals surface area contributed by atoms with E-state index in [0.717, 1.165) is 11.3 Å². The molecule has 0 saturated carbocycles. The number of aryl methyl sites for hydroxylation is 1. The van der Waals surface area contributed by atoms with Gasteiger partial charge in [-0.1, -0.05) is 18.2 Å². The third-order valence-corrected chi connectivity index (χ3v) is 3.48. The molecule has 5 heteroatoms. The molecule has 0 aliphatic heterocycles. The number of nitrogens with zero attached hydrogens (tertiary/aromatic N) is 3. The van der Waals surface area contributed by atoms with Crippen LogP contribution in [0.2, 0.25) is 0 Å². The lowest BCUT2D eigenvalue weighted by atomic mass is 10.2.